The van der Waals surface area contributed by atoms with Crippen LogP contribution >= 0.6 is 11.3 Å². The molecule has 1 aromatic heterocycles. The Hall–Kier alpha value is -2.74. The third kappa shape index (κ3) is 3.43. The smallest absolute Gasteiger partial charge is 0.270 e. The molecule has 0 aliphatic carbocycles. The number of thiazole rings is 1. The van der Waals surface area contributed by atoms with Crippen molar-refractivity contribution in [2.45, 2.75) is 0 Å². The van der Waals surface area contributed by atoms with Gasteiger partial charge in [0, 0.05) is 19.2 Å². The molecule has 0 aliphatic heterocycles. The van der Waals surface area contributed by atoms with Gasteiger partial charge in [0.25, 0.3) is 5.69 Å². The predicted molar refractivity (Wildman–Crippen MR) is 91.4 cm³/mol. The molecule has 0 atom stereocenters. The lowest BCUT2D eigenvalue weighted by Crippen LogP contribution is -2.23. The predicted octanol–water partition coefficient (Wildman–Crippen LogP) is 3.86. The summed E-state index contributed by atoms with van der Waals surface area (Å²) in [5, 5.41) is 11.5. The van der Waals surface area contributed by atoms with Crippen molar-refractivity contribution in [2.75, 3.05) is 25.1 Å². The number of fused-ring (bicyclic) bond motifs is 1. The Morgan fingerprint density at radius 3 is 2.88 bits per heavy atom. The summed E-state index contributed by atoms with van der Waals surface area (Å²) < 4.78 is 19.7. The SMILES string of the molecule is CN(CCOc1ccccc1F)c1nc2ccc([N+](=O)[O-])cc2s1. The lowest BCUT2D eigenvalue weighted by atomic mass is 10.3. The number of halogens is 1. The molecule has 0 N–H and O–H groups in total. The molecule has 0 saturated carbocycles. The fourth-order valence-electron chi connectivity index (χ4n) is 2.13. The van der Waals surface area contributed by atoms with Crippen molar-refractivity contribution in [1.82, 2.24) is 4.98 Å². The van der Waals surface area contributed by atoms with Gasteiger partial charge in [-0.3, -0.25) is 10.1 Å². The molecule has 0 aliphatic rings. The number of non-ortho nitro benzene ring substituents is 1. The van der Waals surface area contributed by atoms with Gasteiger partial charge in [-0.2, -0.15) is 0 Å². The topological polar surface area (TPSA) is 68.5 Å². The van der Waals surface area contributed by atoms with E-state index in [0.717, 1.165) is 9.83 Å². The quantitative estimate of drug-likeness (QED) is 0.500. The number of para-hydroxylation sites is 1. The van der Waals surface area contributed by atoms with E-state index in [4.69, 9.17) is 4.74 Å². The highest BCUT2D eigenvalue weighted by Crippen LogP contribution is 2.30. The van der Waals surface area contributed by atoms with Gasteiger partial charge in [0.05, 0.1) is 21.7 Å². The average Bonchev–Trinajstić information content (AvgIpc) is 2.99. The summed E-state index contributed by atoms with van der Waals surface area (Å²) in [5.74, 6) is -0.182. The summed E-state index contributed by atoms with van der Waals surface area (Å²) in [6, 6.07) is 10.8. The first kappa shape index (κ1) is 16.1. The molecule has 0 fully saturated rings. The fraction of sp³-hybridized carbons (Fsp3) is 0.188. The van der Waals surface area contributed by atoms with Gasteiger partial charge in [0.2, 0.25) is 0 Å². The van der Waals surface area contributed by atoms with Crippen LogP contribution in [0.5, 0.6) is 5.75 Å². The molecular formula is C16H14FN3O3S. The number of benzene rings is 2. The molecule has 24 heavy (non-hydrogen) atoms. The van der Waals surface area contributed by atoms with Gasteiger partial charge in [0.15, 0.2) is 16.7 Å². The fourth-order valence-corrected chi connectivity index (χ4v) is 3.11. The average molecular weight is 347 g/mol. The third-order valence-corrected chi connectivity index (χ3v) is 4.55. The number of rotatable bonds is 6. The Morgan fingerprint density at radius 1 is 1.33 bits per heavy atom. The molecule has 0 unspecified atom stereocenters. The highest BCUT2D eigenvalue weighted by molar-refractivity contribution is 7.22. The van der Waals surface area contributed by atoms with Crippen molar-refractivity contribution in [3.05, 3.63) is 58.4 Å². The van der Waals surface area contributed by atoms with Crippen molar-refractivity contribution >= 4 is 32.4 Å². The lowest BCUT2D eigenvalue weighted by Gasteiger charge is -2.16. The van der Waals surface area contributed by atoms with Crippen molar-refractivity contribution in [1.29, 1.82) is 0 Å². The largest absolute Gasteiger partial charge is 0.489 e. The van der Waals surface area contributed by atoms with E-state index in [9.17, 15) is 14.5 Å². The number of nitro groups is 1. The molecule has 124 valence electrons. The normalized spacial score (nSPS) is 10.8. The third-order valence-electron chi connectivity index (χ3n) is 3.42. The molecule has 0 saturated heterocycles. The van der Waals surface area contributed by atoms with Crippen molar-refractivity contribution in [3.8, 4) is 5.75 Å². The van der Waals surface area contributed by atoms with Crippen molar-refractivity contribution in [2.24, 2.45) is 0 Å². The first-order valence-corrected chi connectivity index (χ1v) is 7.99. The van der Waals surface area contributed by atoms with Gasteiger partial charge in [-0.05, 0) is 18.2 Å². The second-order valence-electron chi connectivity index (χ2n) is 5.11. The van der Waals surface area contributed by atoms with E-state index in [2.05, 4.69) is 4.98 Å². The molecule has 8 heteroatoms. The van der Waals surface area contributed by atoms with Gasteiger partial charge in [0.1, 0.15) is 6.61 Å². The van der Waals surface area contributed by atoms with Crippen molar-refractivity contribution in [3.63, 3.8) is 0 Å². The molecule has 2 aromatic carbocycles. The lowest BCUT2D eigenvalue weighted by molar-refractivity contribution is -0.384. The first-order valence-electron chi connectivity index (χ1n) is 7.18. The van der Waals surface area contributed by atoms with E-state index in [-0.39, 0.29) is 11.4 Å². The van der Waals surface area contributed by atoms with Gasteiger partial charge >= 0.3 is 0 Å². The van der Waals surface area contributed by atoms with E-state index in [1.807, 2.05) is 11.9 Å². The second-order valence-corrected chi connectivity index (χ2v) is 6.12. The number of ether oxygens (including phenoxy) is 1. The minimum absolute atomic E-state index is 0.0447. The van der Waals surface area contributed by atoms with Crippen LogP contribution in [0.15, 0.2) is 42.5 Å². The van der Waals surface area contributed by atoms with Crippen LogP contribution in [0.4, 0.5) is 15.2 Å². The number of nitrogens with zero attached hydrogens (tertiary/aromatic N) is 3. The van der Waals surface area contributed by atoms with Crippen LogP contribution in [-0.2, 0) is 0 Å². The zero-order valence-electron chi connectivity index (χ0n) is 12.8. The summed E-state index contributed by atoms with van der Waals surface area (Å²) in [6.07, 6.45) is 0. The maximum absolute atomic E-state index is 13.5. The van der Waals surface area contributed by atoms with Crippen LogP contribution < -0.4 is 9.64 Å². The summed E-state index contributed by atoms with van der Waals surface area (Å²) >= 11 is 1.37. The molecule has 3 rings (SSSR count). The van der Waals surface area contributed by atoms with Crippen LogP contribution in [0.25, 0.3) is 10.2 Å². The summed E-state index contributed by atoms with van der Waals surface area (Å²) in [6.45, 7) is 0.809. The van der Waals surface area contributed by atoms with E-state index in [1.54, 1.807) is 24.3 Å². The molecule has 1 heterocycles. The zero-order chi connectivity index (χ0) is 17.1. The minimum atomic E-state index is -0.426. The summed E-state index contributed by atoms with van der Waals surface area (Å²) in [5.41, 5.74) is 0.755. The Labute approximate surface area is 141 Å². The van der Waals surface area contributed by atoms with Crippen LogP contribution in [0.3, 0.4) is 0 Å². The number of aromatic nitrogens is 1. The molecule has 0 spiro atoms. The number of anilines is 1. The van der Waals surface area contributed by atoms with Crippen LogP contribution in [0.1, 0.15) is 0 Å². The van der Waals surface area contributed by atoms with Gasteiger partial charge in [-0.15, -0.1) is 0 Å². The molecule has 0 bridgehead atoms. The number of hydrogen-bond donors (Lipinski definition) is 0. The van der Waals surface area contributed by atoms with Crippen LogP contribution in [0.2, 0.25) is 0 Å². The van der Waals surface area contributed by atoms with Crippen molar-refractivity contribution < 1.29 is 14.1 Å². The number of likely N-dealkylation sites (N-methyl/N-ethyl adjacent to an activating group) is 1. The van der Waals surface area contributed by atoms with E-state index < -0.39 is 10.7 Å². The molecular weight excluding hydrogens is 333 g/mol. The Balaban J connectivity index is 1.66. The van der Waals surface area contributed by atoms with Gasteiger partial charge in [-0.1, -0.05) is 23.5 Å². The van der Waals surface area contributed by atoms with E-state index in [1.165, 1.54) is 29.5 Å². The summed E-state index contributed by atoms with van der Waals surface area (Å²) in [7, 11) is 1.84. The van der Waals surface area contributed by atoms with E-state index in [0.29, 0.717) is 18.7 Å². The van der Waals surface area contributed by atoms with Crippen LogP contribution in [0, 0.1) is 15.9 Å². The standard InChI is InChI=1S/C16H14FN3O3S/c1-19(8-9-23-14-5-3-2-4-12(14)17)16-18-13-7-6-11(20(21)22)10-15(13)24-16/h2-7,10H,8-9H2,1H3. The molecule has 3 aromatic rings. The maximum Gasteiger partial charge on any atom is 0.270 e. The second kappa shape index (κ2) is 6.79. The number of hydrogen-bond acceptors (Lipinski definition) is 6. The highest BCUT2D eigenvalue weighted by atomic mass is 32.1. The highest BCUT2D eigenvalue weighted by Gasteiger charge is 2.12. The van der Waals surface area contributed by atoms with Gasteiger partial charge in [-0.25, -0.2) is 9.37 Å². The summed E-state index contributed by atoms with van der Waals surface area (Å²) in [4.78, 5) is 16.7. The van der Waals surface area contributed by atoms with Gasteiger partial charge < -0.3 is 9.64 Å². The molecule has 0 radical (unpaired) electrons. The Kier molecular flexibility index (Phi) is 4.57. The Bertz CT molecular complexity index is 884. The molecule has 0 amide bonds. The zero-order valence-corrected chi connectivity index (χ0v) is 13.6. The monoisotopic (exact) mass is 347 g/mol. The Morgan fingerprint density at radius 2 is 2.12 bits per heavy atom. The van der Waals surface area contributed by atoms with Crippen LogP contribution in [-0.4, -0.2) is 30.1 Å². The maximum atomic E-state index is 13.5. The minimum Gasteiger partial charge on any atom is -0.489 e. The van der Waals surface area contributed by atoms with E-state index >= 15 is 0 Å². The number of nitro benzene ring substituents is 1. The first-order chi connectivity index (χ1) is 11.5. The molecule has 6 nitrogen and oxygen atoms in total.